The minimum absolute atomic E-state index is 0.0822. The molecule has 0 atom stereocenters. The number of hydrogen-bond donors (Lipinski definition) is 2. The summed E-state index contributed by atoms with van der Waals surface area (Å²) in [5.41, 5.74) is 0. The summed E-state index contributed by atoms with van der Waals surface area (Å²) in [6.45, 7) is 8.56. The van der Waals surface area contributed by atoms with E-state index in [1.807, 2.05) is 13.8 Å². The van der Waals surface area contributed by atoms with Crippen LogP contribution in [0.4, 0.5) is 4.39 Å². The number of thioether (sulfide) groups is 1. The number of benzene rings is 1. The third kappa shape index (κ3) is 7.76. The maximum atomic E-state index is 12.9. The predicted octanol–water partition coefficient (Wildman–Crippen LogP) is 1.64. The molecule has 1 aliphatic rings. The number of nitrogens with zero attached hydrogens (tertiary/aromatic N) is 3. The van der Waals surface area contributed by atoms with Crippen molar-refractivity contribution in [2.24, 2.45) is 4.99 Å². The zero-order valence-electron chi connectivity index (χ0n) is 16.4. The van der Waals surface area contributed by atoms with Crippen molar-refractivity contribution in [2.75, 3.05) is 52.1 Å². The lowest BCUT2D eigenvalue weighted by atomic mass is 10.3. The Morgan fingerprint density at radius 3 is 2.48 bits per heavy atom. The number of amides is 1. The molecule has 6 nitrogen and oxygen atoms in total. The van der Waals surface area contributed by atoms with Crippen LogP contribution < -0.4 is 10.6 Å². The van der Waals surface area contributed by atoms with Crippen LogP contribution in [0, 0.1) is 5.82 Å². The second-order valence-corrected chi connectivity index (χ2v) is 7.93. The first-order valence-corrected chi connectivity index (χ1v) is 10.3. The molecule has 0 saturated carbocycles. The fraction of sp³-hybridized carbons (Fsp3) is 0.579. The number of aliphatic imine (C=N–C) groups is 1. The molecule has 0 spiro atoms. The van der Waals surface area contributed by atoms with Crippen molar-refractivity contribution in [2.45, 2.75) is 24.8 Å². The Hall–Kier alpha value is -1.80. The van der Waals surface area contributed by atoms with Crippen LogP contribution in [0.5, 0.6) is 0 Å². The maximum absolute atomic E-state index is 12.9. The van der Waals surface area contributed by atoms with Crippen LogP contribution in [-0.2, 0) is 4.79 Å². The van der Waals surface area contributed by atoms with E-state index in [2.05, 4.69) is 25.4 Å². The zero-order valence-corrected chi connectivity index (χ0v) is 17.2. The largest absolute Gasteiger partial charge is 0.355 e. The topological polar surface area (TPSA) is 60.0 Å². The Morgan fingerprint density at radius 1 is 1.22 bits per heavy atom. The lowest BCUT2D eigenvalue weighted by molar-refractivity contribution is -0.123. The van der Waals surface area contributed by atoms with Gasteiger partial charge >= 0.3 is 0 Å². The molecular weight excluding hydrogens is 365 g/mol. The molecule has 0 bridgehead atoms. The Labute approximate surface area is 165 Å². The van der Waals surface area contributed by atoms with Gasteiger partial charge in [0.05, 0.1) is 6.54 Å². The number of piperazine rings is 1. The Balaban J connectivity index is 1.67. The number of hydrogen-bond acceptors (Lipinski definition) is 4. The van der Waals surface area contributed by atoms with Crippen LogP contribution in [0.2, 0.25) is 0 Å². The van der Waals surface area contributed by atoms with Gasteiger partial charge in [0.25, 0.3) is 0 Å². The van der Waals surface area contributed by atoms with E-state index in [9.17, 15) is 9.18 Å². The lowest BCUT2D eigenvalue weighted by Gasteiger charge is -2.36. The second kappa shape index (κ2) is 11.1. The van der Waals surface area contributed by atoms with Crippen molar-refractivity contribution in [3.8, 4) is 0 Å². The monoisotopic (exact) mass is 395 g/mol. The highest BCUT2D eigenvalue weighted by atomic mass is 32.2. The predicted molar refractivity (Wildman–Crippen MR) is 110 cm³/mol. The summed E-state index contributed by atoms with van der Waals surface area (Å²) in [6.07, 6.45) is 0. The van der Waals surface area contributed by atoms with Gasteiger partial charge in [-0.05, 0) is 38.1 Å². The molecule has 27 heavy (non-hydrogen) atoms. The molecular formula is C19H30FN5OS. The molecule has 2 N–H and O–H groups in total. The summed E-state index contributed by atoms with van der Waals surface area (Å²) in [6, 6.07) is 6.73. The molecule has 2 rings (SSSR count). The first-order valence-electron chi connectivity index (χ1n) is 9.33. The van der Waals surface area contributed by atoms with Gasteiger partial charge < -0.3 is 15.5 Å². The highest BCUT2D eigenvalue weighted by Gasteiger charge is 2.21. The lowest BCUT2D eigenvalue weighted by Crippen LogP contribution is -2.54. The summed E-state index contributed by atoms with van der Waals surface area (Å²) in [5, 5.41) is 6.32. The van der Waals surface area contributed by atoms with Crippen LogP contribution >= 0.6 is 11.8 Å². The van der Waals surface area contributed by atoms with Gasteiger partial charge in [0, 0.05) is 56.5 Å². The minimum atomic E-state index is -0.210. The van der Waals surface area contributed by atoms with Crippen molar-refractivity contribution >= 4 is 23.6 Å². The van der Waals surface area contributed by atoms with Crippen molar-refractivity contribution in [3.05, 3.63) is 30.1 Å². The molecule has 0 radical (unpaired) electrons. The van der Waals surface area contributed by atoms with Gasteiger partial charge in [-0.2, -0.15) is 0 Å². The fourth-order valence-electron chi connectivity index (χ4n) is 2.88. The standard InChI is InChI=1S/C19H30FN5OS/c1-15(2)23-18(26)14-24-9-11-25(12-10-24)19(21-3)22-8-13-27-17-6-4-16(20)5-7-17/h4-7,15H,8-14H2,1-3H3,(H,21,22)(H,23,26). The zero-order chi connectivity index (χ0) is 19.6. The maximum Gasteiger partial charge on any atom is 0.234 e. The molecule has 0 aromatic heterocycles. The third-order valence-electron chi connectivity index (χ3n) is 4.17. The SMILES string of the molecule is CN=C(NCCSc1ccc(F)cc1)N1CCN(CC(=O)NC(C)C)CC1. The summed E-state index contributed by atoms with van der Waals surface area (Å²) in [7, 11) is 1.79. The van der Waals surface area contributed by atoms with Gasteiger partial charge in [-0.25, -0.2) is 4.39 Å². The van der Waals surface area contributed by atoms with Gasteiger partial charge in [0.1, 0.15) is 5.82 Å². The average Bonchev–Trinajstić information content (AvgIpc) is 2.63. The molecule has 1 heterocycles. The molecule has 1 fully saturated rings. The molecule has 8 heteroatoms. The van der Waals surface area contributed by atoms with E-state index in [1.165, 1.54) is 12.1 Å². The molecule has 0 unspecified atom stereocenters. The number of carbonyl (C=O) groups is 1. The number of guanidine groups is 1. The Bertz CT molecular complexity index is 615. The summed E-state index contributed by atoms with van der Waals surface area (Å²) >= 11 is 1.68. The fourth-order valence-corrected chi connectivity index (χ4v) is 3.65. The summed E-state index contributed by atoms with van der Waals surface area (Å²) in [5.74, 6) is 1.64. The van der Waals surface area contributed by atoms with E-state index in [0.29, 0.717) is 6.54 Å². The molecule has 1 aromatic carbocycles. The van der Waals surface area contributed by atoms with Gasteiger partial charge in [-0.1, -0.05) is 0 Å². The first-order chi connectivity index (χ1) is 13.0. The van der Waals surface area contributed by atoms with Crippen molar-refractivity contribution in [1.82, 2.24) is 20.4 Å². The first kappa shape index (κ1) is 21.5. The van der Waals surface area contributed by atoms with E-state index >= 15 is 0 Å². The van der Waals surface area contributed by atoms with Crippen LogP contribution in [-0.4, -0.2) is 79.8 Å². The van der Waals surface area contributed by atoms with E-state index in [1.54, 1.807) is 30.9 Å². The molecule has 1 aliphatic heterocycles. The van der Waals surface area contributed by atoms with Crippen LogP contribution in [0.25, 0.3) is 0 Å². The van der Waals surface area contributed by atoms with Gasteiger partial charge in [0.2, 0.25) is 5.91 Å². The average molecular weight is 396 g/mol. The number of rotatable bonds is 7. The quantitative estimate of drug-likeness (QED) is 0.318. The van der Waals surface area contributed by atoms with Crippen molar-refractivity contribution < 1.29 is 9.18 Å². The van der Waals surface area contributed by atoms with E-state index in [-0.39, 0.29) is 17.8 Å². The minimum Gasteiger partial charge on any atom is -0.355 e. The van der Waals surface area contributed by atoms with Crippen LogP contribution in [0.15, 0.2) is 34.2 Å². The highest BCUT2D eigenvalue weighted by molar-refractivity contribution is 7.99. The highest BCUT2D eigenvalue weighted by Crippen LogP contribution is 2.17. The van der Waals surface area contributed by atoms with Crippen LogP contribution in [0.1, 0.15) is 13.8 Å². The second-order valence-electron chi connectivity index (χ2n) is 6.76. The van der Waals surface area contributed by atoms with E-state index in [0.717, 1.165) is 49.3 Å². The molecule has 150 valence electrons. The molecule has 1 saturated heterocycles. The van der Waals surface area contributed by atoms with Gasteiger partial charge in [-0.3, -0.25) is 14.7 Å². The van der Waals surface area contributed by atoms with Crippen molar-refractivity contribution in [3.63, 3.8) is 0 Å². The molecule has 1 amide bonds. The van der Waals surface area contributed by atoms with Crippen molar-refractivity contribution in [1.29, 1.82) is 0 Å². The number of nitrogens with one attached hydrogen (secondary N) is 2. The Kier molecular flexibility index (Phi) is 8.87. The van der Waals surface area contributed by atoms with Gasteiger partial charge in [-0.15, -0.1) is 11.8 Å². The normalized spacial score (nSPS) is 15.9. The summed E-state index contributed by atoms with van der Waals surface area (Å²) in [4.78, 5) is 21.7. The van der Waals surface area contributed by atoms with Gasteiger partial charge in [0.15, 0.2) is 5.96 Å². The number of halogens is 1. The molecule has 0 aliphatic carbocycles. The van der Waals surface area contributed by atoms with Crippen LogP contribution in [0.3, 0.4) is 0 Å². The van der Waals surface area contributed by atoms with E-state index < -0.39 is 0 Å². The summed E-state index contributed by atoms with van der Waals surface area (Å²) < 4.78 is 12.9. The third-order valence-corrected chi connectivity index (χ3v) is 5.18. The molecule has 1 aromatic rings. The number of carbonyl (C=O) groups excluding carboxylic acids is 1. The van der Waals surface area contributed by atoms with E-state index in [4.69, 9.17) is 0 Å². The smallest absolute Gasteiger partial charge is 0.234 e. The Morgan fingerprint density at radius 2 is 1.89 bits per heavy atom.